The molecule has 1 aliphatic rings. The number of benzene rings is 1. The Morgan fingerprint density at radius 1 is 0.958 bits per heavy atom. The van der Waals surface area contributed by atoms with Crippen molar-refractivity contribution >= 4 is 22.3 Å². The van der Waals surface area contributed by atoms with Crippen LogP contribution in [0.4, 0.5) is 5.69 Å². The van der Waals surface area contributed by atoms with E-state index < -0.39 is 0 Å². The second kappa shape index (κ2) is 5.88. The van der Waals surface area contributed by atoms with Crippen LogP contribution in [0.25, 0.3) is 10.9 Å². The quantitative estimate of drug-likeness (QED) is 0.741. The number of methoxy groups -OCH3 is 2. The van der Waals surface area contributed by atoms with Gasteiger partial charge in [-0.3, -0.25) is 4.98 Å². The first kappa shape index (κ1) is 14.6. The van der Waals surface area contributed by atoms with E-state index >= 15 is 0 Å². The molecule has 0 unspecified atom stereocenters. The minimum absolute atomic E-state index is 0.648. The Hall–Kier alpha value is -3.02. The van der Waals surface area contributed by atoms with Gasteiger partial charge in [0.05, 0.1) is 42.5 Å². The highest BCUT2D eigenvalue weighted by atomic mass is 16.5. The number of rotatable bonds is 3. The van der Waals surface area contributed by atoms with E-state index in [-0.39, 0.29) is 0 Å². The molecule has 0 saturated carbocycles. The Labute approximate surface area is 139 Å². The summed E-state index contributed by atoms with van der Waals surface area (Å²) in [6, 6.07) is 7.65. The minimum Gasteiger partial charge on any atom is -0.493 e. The third-order valence-electron chi connectivity index (χ3n) is 4.13. The van der Waals surface area contributed by atoms with Gasteiger partial charge >= 0.3 is 0 Å². The maximum absolute atomic E-state index is 5.41. The molecule has 0 fully saturated rings. The summed E-state index contributed by atoms with van der Waals surface area (Å²) in [5.41, 5.74) is 4.51. The molecule has 120 valence electrons. The van der Waals surface area contributed by atoms with Crippen LogP contribution in [0.3, 0.4) is 0 Å². The van der Waals surface area contributed by atoms with E-state index in [1.165, 1.54) is 0 Å². The summed E-state index contributed by atoms with van der Waals surface area (Å²) in [6.07, 6.45) is 5.01. The van der Waals surface area contributed by atoms with Gasteiger partial charge in [-0.2, -0.15) is 0 Å². The largest absolute Gasteiger partial charge is 0.493 e. The minimum atomic E-state index is 0.648. The molecule has 3 heterocycles. The van der Waals surface area contributed by atoms with Crippen molar-refractivity contribution in [1.29, 1.82) is 0 Å². The van der Waals surface area contributed by atoms with Crippen LogP contribution in [-0.2, 0) is 6.42 Å². The van der Waals surface area contributed by atoms with Crippen molar-refractivity contribution in [3.8, 4) is 11.5 Å². The molecule has 0 aliphatic carbocycles. The van der Waals surface area contributed by atoms with Crippen molar-refractivity contribution in [3.63, 3.8) is 0 Å². The Kier molecular flexibility index (Phi) is 3.57. The van der Waals surface area contributed by atoms with E-state index in [9.17, 15) is 0 Å². The second-order valence-electron chi connectivity index (χ2n) is 5.47. The first-order valence-electron chi connectivity index (χ1n) is 7.68. The maximum Gasteiger partial charge on any atom is 0.162 e. The number of pyridine rings is 1. The first-order valence-corrected chi connectivity index (χ1v) is 7.68. The highest BCUT2D eigenvalue weighted by molar-refractivity contribution is 6.10. The Morgan fingerprint density at radius 2 is 1.79 bits per heavy atom. The molecule has 1 aromatic carbocycles. The lowest BCUT2D eigenvalue weighted by Gasteiger charge is -2.16. The molecule has 0 spiro atoms. The predicted octanol–water partition coefficient (Wildman–Crippen LogP) is 3.11. The molecular weight excluding hydrogens is 304 g/mol. The Balaban J connectivity index is 1.90. The first-order chi connectivity index (χ1) is 11.8. The third kappa shape index (κ3) is 2.36. The number of ether oxygens (including phenoxy) is 2. The molecule has 0 amide bonds. The van der Waals surface area contributed by atoms with Crippen LogP contribution < -0.4 is 9.47 Å². The van der Waals surface area contributed by atoms with Crippen LogP contribution in [0.5, 0.6) is 11.5 Å². The van der Waals surface area contributed by atoms with Gasteiger partial charge in [-0.05, 0) is 31.0 Å². The number of aromatic nitrogens is 3. The zero-order valence-corrected chi connectivity index (χ0v) is 13.5. The second-order valence-corrected chi connectivity index (χ2v) is 5.47. The standard InChI is InChI=1S/C18H16N4O2/c1-23-16-8-11-15(9-17(16)24-2)20-10-21-18(11)14-6-5-12-13(22-14)4-3-7-19-12/h3-4,7-10H,5-6H2,1-2H3. The normalized spacial score (nSPS) is 13.3. The van der Waals surface area contributed by atoms with E-state index in [0.29, 0.717) is 11.5 Å². The van der Waals surface area contributed by atoms with Gasteiger partial charge in [-0.15, -0.1) is 0 Å². The van der Waals surface area contributed by atoms with Crippen molar-refractivity contribution in [1.82, 2.24) is 15.0 Å². The molecule has 6 heteroatoms. The molecule has 4 rings (SSSR count). The number of fused-ring (bicyclic) bond motifs is 2. The fourth-order valence-electron chi connectivity index (χ4n) is 2.95. The van der Waals surface area contributed by atoms with E-state index in [4.69, 9.17) is 14.5 Å². The Morgan fingerprint density at radius 3 is 2.62 bits per heavy atom. The van der Waals surface area contributed by atoms with Crippen LogP contribution in [0.2, 0.25) is 0 Å². The van der Waals surface area contributed by atoms with E-state index in [1.54, 1.807) is 26.7 Å². The average molecular weight is 320 g/mol. The SMILES string of the molecule is COc1cc2ncnc(C3=Nc4cccnc4CC3)c2cc1OC. The lowest BCUT2D eigenvalue weighted by Crippen LogP contribution is -2.11. The van der Waals surface area contributed by atoms with E-state index in [2.05, 4.69) is 15.0 Å². The van der Waals surface area contributed by atoms with Gasteiger partial charge in [0.2, 0.25) is 0 Å². The zero-order valence-electron chi connectivity index (χ0n) is 13.5. The number of hydrogen-bond acceptors (Lipinski definition) is 6. The third-order valence-corrected chi connectivity index (χ3v) is 4.13. The molecule has 0 atom stereocenters. The molecule has 0 bridgehead atoms. The molecule has 1 aliphatic heterocycles. The molecule has 24 heavy (non-hydrogen) atoms. The molecule has 6 nitrogen and oxygen atoms in total. The molecular formula is C18H16N4O2. The summed E-state index contributed by atoms with van der Waals surface area (Å²) in [4.78, 5) is 18.0. The summed E-state index contributed by atoms with van der Waals surface area (Å²) >= 11 is 0. The van der Waals surface area contributed by atoms with Crippen LogP contribution >= 0.6 is 0 Å². The summed E-state index contributed by atoms with van der Waals surface area (Å²) < 4.78 is 10.8. The highest BCUT2D eigenvalue weighted by Gasteiger charge is 2.19. The smallest absolute Gasteiger partial charge is 0.162 e. The number of nitrogens with zero attached hydrogens (tertiary/aromatic N) is 4. The number of hydrogen-bond donors (Lipinski definition) is 0. The van der Waals surface area contributed by atoms with Gasteiger partial charge in [-0.25, -0.2) is 15.0 Å². The fourth-order valence-corrected chi connectivity index (χ4v) is 2.95. The van der Waals surface area contributed by atoms with Crippen LogP contribution in [0, 0.1) is 0 Å². The van der Waals surface area contributed by atoms with Crippen molar-refractivity contribution in [2.45, 2.75) is 12.8 Å². The summed E-state index contributed by atoms with van der Waals surface area (Å²) in [7, 11) is 3.23. The monoisotopic (exact) mass is 320 g/mol. The Bertz CT molecular complexity index is 953. The van der Waals surface area contributed by atoms with Gasteiger partial charge in [0.15, 0.2) is 11.5 Å². The predicted molar refractivity (Wildman–Crippen MR) is 91.4 cm³/mol. The topological polar surface area (TPSA) is 69.5 Å². The summed E-state index contributed by atoms with van der Waals surface area (Å²) in [6.45, 7) is 0. The van der Waals surface area contributed by atoms with Crippen LogP contribution in [-0.4, -0.2) is 34.9 Å². The zero-order chi connectivity index (χ0) is 16.5. The van der Waals surface area contributed by atoms with E-state index in [0.717, 1.165) is 46.5 Å². The van der Waals surface area contributed by atoms with Gasteiger partial charge in [-0.1, -0.05) is 0 Å². The fraction of sp³-hybridized carbons (Fsp3) is 0.222. The lowest BCUT2D eigenvalue weighted by atomic mass is 10.0. The van der Waals surface area contributed by atoms with Crippen molar-refractivity contribution in [3.05, 3.63) is 48.2 Å². The summed E-state index contributed by atoms with van der Waals surface area (Å²) in [5.74, 6) is 1.30. The molecule has 0 N–H and O–H groups in total. The van der Waals surface area contributed by atoms with Gasteiger partial charge in [0.1, 0.15) is 6.33 Å². The summed E-state index contributed by atoms with van der Waals surface area (Å²) in [5, 5.41) is 0.904. The molecule has 0 radical (unpaired) electrons. The van der Waals surface area contributed by atoms with Gasteiger partial charge < -0.3 is 9.47 Å². The molecule has 0 saturated heterocycles. The van der Waals surface area contributed by atoms with Crippen molar-refractivity contribution in [2.24, 2.45) is 4.99 Å². The van der Waals surface area contributed by atoms with Gasteiger partial charge in [0, 0.05) is 17.6 Å². The van der Waals surface area contributed by atoms with Crippen LogP contribution in [0.1, 0.15) is 17.8 Å². The molecule has 3 aromatic rings. The van der Waals surface area contributed by atoms with E-state index in [1.807, 2.05) is 24.3 Å². The van der Waals surface area contributed by atoms with Gasteiger partial charge in [0.25, 0.3) is 0 Å². The lowest BCUT2D eigenvalue weighted by molar-refractivity contribution is 0.356. The maximum atomic E-state index is 5.41. The van der Waals surface area contributed by atoms with Crippen LogP contribution in [0.15, 0.2) is 41.8 Å². The van der Waals surface area contributed by atoms with Crippen molar-refractivity contribution in [2.75, 3.05) is 14.2 Å². The number of aryl methyl sites for hydroxylation is 1. The number of aliphatic imine (C=N–C) groups is 1. The highest BCUT2D eigenvalue weighted by Crippen LogP contribution is 2.34. The van der Waals surface area contributed by atoms with Crippen molar-refractivity contribution < 1.29 is 9.47 Å². The average Bonchev–Trinajstić information content (AvgIpc) is 2.65. The molecule has 2 aromatic heterocycles.